The van der Waals surface area contributed by atoms with Gasteiger partial charge in [0.1, 0.15) is 5.69 Å². The molecule has 0 radical (unpaired) electrons. The van der Waals surface area contributed by atoms with Crippen LogP contribution in [0.3, 0.4) is 0 Å². The average molecular weight is 361 g/mol. The third-order valence-electron chi connectivity index (χ3n) is 4.89. The van der Waals surface area contributed by atoms with Crippen LogP contribution < -0.4 is 10.2 Å². The van der Waals surface area contributed by atoms with Crippen molar-refractivity contribution >= 4 is 11.9 Å². The summed E-state index contributed by atoms with van der Waals surface area (Å²) in [5.74, 6) is 0.690. The van der Waals surface area contributed by atoms with E-state index in [1.807, 2.05) is 66.6 Å². The van der Waals surface area contributed by atoms with Crippen LogP contribution >= 0.6 is 0 Å². The van der Waals surface area contributed by atoms with Gasteiger partial charge in [0.2, 0.25) is 5.95 Å². The molecule has 1 aromatic carbocycles. The van der Waals surface area contributed by atoms with E-state index in [0.29, 0.717) is 12.2 Å². The number of nitrogens with zero attached hydrogens (tertiary/aromatic N) is 4. The molecule has 1 saturated heterocycles. The molecule has 0 atom stereocenters. The van der Waals surface area contributed by atoms with Crippen molar-refractivity contribution in [1.29, 1.82) is 0 Å². The Morgan fingerprint density at radius 2 is 1.78 bits per heavy atom. The van der Waals surface area contributed by atoms with Crippen molar-refractivity contribution < 1.29 is 4.79 Å². The van der Waals surface area contributed by atoms with Crippen LogP contribution in [0.4, 0.5) is 5.95 Å². The van der Waals surface area contributed by atoms with Gasteiger partial charge in [-0.15, -0.1) is 0 Å². The van der Waals surface area contributed by atoms with Crippen molar-refractivity contribution in [1.82, 2.24) is 19.9 Å². The summed E-state index contributed by atoms with van der Waals surface area (Å²) in [7, 11) is 1.88. The van der Waals surface area contributed by atoms with Gasteiger partial charge in [-0.1, -0.05) is 30.3 Å². The number of amides is 1. The van der Waals surface area contributed by atoms with Crippen LogP contribution in [-0.4, -0.2) is 33.5 Å². The first-order valence-corrected chi connectivity index (χ1v) is 9.26. The van der Waals surface area contributed by atoms with E-state index in [2.05, 4.69) is 20.2 Å². The van der Waals surface area contributed by atoms with E-state index in [0.717, 1.165) is 35.7 Å². The van der Waals surface area contributed by atoms with Gasteiger partial charge in [0.05, 0.1) is 0 Å². The molecular weight excluding hydrogens is 338 g/mol. The van der Waals surface area contributed by atoms with Crippen LogP contribution in [0.2, 0.25) is 0 Å². The zero-order valence-corrected chi connectivity index (χ0v) is 15.4. The lowest BCUT2D eigenvalue weighted by Crippen LogP contribution is -2.24. The summed E-state index contributed by atoms with van der Waals surface area (Å²) in [6.45, 7) is 2.56. The average Bonchev–Trinajstić information content (AvgIpc) is 3.37. The number of carbonyl (C=O) groups is 1. The number of aryl methyl sites for hydroxylation is 1. The van der Waals surface area contributed by atoms with E-state index in [1.54, 1.807) is 0 Å². The molecule has 1 amide bonds. The molecule has 3 aromatic rings. The van der Waals surface area contributed by atoms with E-state index < -0.39 is 0 Å². The van der Waals surface area contributed by atoms with Gasteiger partial charge in [0, 0.05) is 56.4 Å². The molecule has 0 bridgehead atoms. The highest BCUT2D eigenvalue weighted by atomic mass is 16.1. The van der Waals surface area contributed by atoms with E-state index >= 15 is 0 Å². The van der Waals surface area contributed by atoms with Gasteiger partial charge < -0.3 is 14.8 Å². The summed E-state index contributed by atoms with van der Waals surface area (Å²) in [6.07, 6.45) is 8.01. The first kappa shape index (κ1) is 17.3. The van der Waals surface area contributed by atoms with E-state index in [-0.39, 0.29) is 5.91 Å². The molecule has 0 spiro atoms. The maximum absolute atomic E-state index is 12.5. The minimum Gasteiger partial charge on any atom is -0.347 e. The Labute approximate surface area is 158 Å². The summed E-state index contributed by atoms with van der Waals surface area (Å²) < 4.78 is 1.84. The zero-order chi connectivity index (χ0) is 18.6. The molecule has 4 rings (SSSR count). The largest absolute Gasteiger partial charge is 0.347 e. The maximum Gasteiger partial charge on any atom is 0.268 e. The second-order valence-corrected chi connectivity index (χ2v) is 6.86. The first-order valence-electron chi connectivity index (χ1n) is 9.26. The molecule has 2 aromatic heterocycles. The lowest BCUT2D eigenvalue weighted by molar-refractivity contribution is 0.0943. The fraction of sp³-hybridized carbons (Fsp3) is 0.286. The van der Waals surface area contributed by atoms with Gasteiger partial charge >= 0.3 is 0 Å². The molecule has 138 valence electrons. The molecule has 1 fully saturated rings. The number of anilines is 1. The highest BCUT2D eigenvalue weighted by molar-refractivity contribution is 5.94. The molecule has 0 saturated carbocycles. The van der Waals surface area contributed by atoms with Crippen LogP contribution in [0.25, 0.3) is 11.1 Å². The normalized spacial score (nSPS) is 13.7. The highest BCUT2D eigenvalue weighted by Gasteiger charge is 2.16. The van der Waals surface area contributed by atoms with Crippen molar-refractivity contribution in [3.63, 3.8) is 0 Å². The van der Waals surface area contributed by atoms with Gasteiger partial charge in [0.25, 0.3) is 5.91 Å². The van der Waals surface area contributed by atoms with Crippen molar-refractivity contribution in [3.05, 3.63) is 66.2 Å². The fourth-order valence-electron chi connectivity index (χ4n) is 3.37. The van der Waals surface area contributed by atoms with Crippen LogP contribution in [0.1, 0.15) is 28.9 Å². The molecule has 0 unspecified atom stereocenters. The summed E-state index contributed by atoms with van der Waals surface area (Å²) in [5, 5.41) is 2.97. The Hall–Kier alpha value is -3.15. The van der Waals surface area contributed by atoms with Crippen LogP contribution in [0, 0.1) is 0 Å². The summed E-state index contributed by atoms with van der Waals surface area (Å²) >= 11 is 0. The zero-order valence-electron chi connectivity index (χ0n) is 15.4. The van der Waals surface area contributed by atoms with Gasteiger partial charge in [-0.25, -0.2) is 9.97 Å². The SMILES string of the molecule is Cn1cc(-c2cnc(N3CCCC3)nc2)cc1C(=O)NCc1ccccc1. The van der Waals surface area contributed by atoms with Crippen LogP contribution in [-0.2, 0) is 13.6 Å². The molecule has 3 heterocycles. The molecule has 1 N–H and O–H groups in total. The molecule has 6 nitrogen and oxygen atoms in total. The van der Waals surface area contributed by atoms with Crippen molar-refractivity contribution in [2.24, 2.45) is 7.05 Å². The van der Waals surface area contributed by atoms with Crippen molar-refractivity contribution in [3.8, 4) is 11.1 Å². The van der Waals surface area contributed by atoms with Gasteiger partial charge in [-0.2, -0.15) is 0 Å². The van der Waals surface area contributed by atoms with Crippen molar-refractivity contribution in [2.75, 3.05) is 18.0 Å². The number of carbonyl (C=O) groups excluding carboxylic acids is 1. The van der Waals surface area contributed by atoms with Gasteiger partial charge in [0.15, 0.2) is 0 Å². The highest BCUT2D eigenvalue weighted by Crippen LogP contribution is 2.23. The fourth-order valence-corrected chi connectivity index (χ4v) is 3.37. The minimum absolute atomic E-state index is 0.0952. The van der Waals surface area contributed by atoms with E-state index in [1.165, 1.54) is 12.8 Å². The number of benzene rings is 1. The monoisotopic (exact) mass is 361 g/mol. The molecule has 27 heavy (non-hydrogen) atoms. The summed E-state index contributed by atoms with van der Waals surface area (Å²) in [4.78, 5) is 23.8. The Morgan fingerprint density at radius 1 is 1.07 bits per heavy atom. The summed E-state index contributed by atoms with van der Waals surface area (Å²) in [6, 6.07) is 11.8. The van der Waals surface area contributed by atoms with E-state index in [9.17, 15) is 4.79 Å². The standard InChI is InChI=1S/C21H23N5O/c1-25-15-17(18-13-23-21(24-14-18)26-9-5-6-10-26)11-19(25)20(27)22-12-16-7-3-2-4-8-16/h2-4,7-8,11,13-15H,5-6,9-10,12H2,1H3,(H,22,27). The first-order chi connectivity index (χ1) is 13.2. The van der Waals surface area contributed by atoms with Crippen LogP contribution in [0.15, 0.2) is 55.0 Å². The Bertz CT molecular complexity index is 912. The third-order valence-corrected chi connectivity index (χ3v) is 4.89. The Morgan fingerprint density at radius 3 is 2.48 bits per heavy atom. The molecule has 6 heteroatoms. The molecular formula is C21H23N5O. The summed E-state index contributed by atoms with van der Waals surface area (Å²) in [5.41, 5.74) is 3.54. The molecule has 0 aliphatic carbocycles. The molecule has 1 aliphatic rings. The number of nitrogens with one attached hydrogen (secondary N) is 1. The predicted octanol–water partition coefficient (Wildman–Crippen LogP) is 3.01. The maximum atomic E-state index is 12.5. The Balaban J connectivity index is 1.46. The third kappa shape index (κ3) is 3.84. The van der Waals surface area contributed by atoms with Gasteiger partial charge in [-0.3, -0.25) is 4.79 Å². The lowest BCUT2D eigenvalue weighted by atomic mass is 10.2. The van der Waals surface area contributed by atoms with Crippen LogP contribution in [0.5, 0.6) is 0 Å². The predicted molar refractivity (Wildman–Crippen MR) is 105 cm³/mol. The Kier molecular flexibility index (Phi) is 4.87. The van der Waals surface area contributed by atoms with E-state index in [4.69, 9.17) is 0 Å². The van der Waals surface area contributed by atoms with Crippen molar-refractivity contribution in [2.45, 2.75) is 19.4 Å². The minimum atomic E-state index is -0.0952. The lowest BCUT2D eigenvalue weighted by Gasteiger charge is -2.14. The second-order valence-electron chi connectivity index (χ2n) is 6.86. The topological polar surface area (TPSA) is 63.1 Å². The quantitative estimate of drug-likeness (QED) is 0.759. The number of aromatic nitrogens is 3. The second kappa shape index (κ2) is 7.61. The number of hydrogen-bond donors (Lipinski definition) is 1. The number of rotatable bonds is 5. The molecule has 1 aliphatic heterocycles. The van der Waals surface area contributed by atoms with Gasteiger partial charge in [-0.05, 0) is 24.5 Å². The smallest absolute Gasteiger partial charge is 0.268 e. The number of hydrogen-bond acceptors (Lipinski definition) is 4.